The molecule has 134 valence electrons. The summed E-state index contributed by atoms with van der Waals surface area (Å²) in [5.41, 5.74) is 7.19. The van der Waals surface area contributed by atoms with E-state index < -0.39 is 16.4 Å². The molecule has 1 atom stereocenters. The van der Waals surface area contributed by atoms with Gasteiger partial charge >= 0.3 is 10.4 Å². The molecule has 4 N–H and O–H groups in total. The number of carbonyl (C=O) groups is 1. The molecule has 2 aromatic carbocycles. The standard InChI is InChI=1S/C16H18N2O6S/c1-23-13-8-4-12(5-9-13)18-16(19)15(17)10-11-2-6-14(7-3-11)24-25(20,21)22/h2-9,15H,10,17H2,1H3,(H,18,19)(H,20,21,22)/t15-/m0/s1. The van der Waals surface area contributed by atoms with E-state index in [4.69, 9.17) is 15.0 Å². The Morgan fingerprint density at radius 1 is 1.12 bits per heavy atom. The van der Waals surface area contributed by atoms with E-state index in [2.05, 4.69) is 9.50 Å². The number of amides is 1. The third-order valence-corrected chi connectivity index (χ3v) is 3.68. The van der Waals surface area contributed by atoms with Gasteiger partial charge in [0.15, 0.2) is 0 Å². The number of nitrogens with two attached hydrogens (primary N) is 1. The molecule has 0 aliphatic rings. The van der Waals surface area contributed by atoms with Crippen molar-refractivity contribution in [3.63, 3.8) is 0 Å². The lowest BCUT2D eigenvalue weighted by molar-refractivity contribution is -0.117. The van der Waals surface area contributed by atoms with Crippen LogP contribution in [0.25, 0.3) is 0 Å². The Morgan fingerprint density at radius 2 is 1.68 bits per heavy atom. The topological polar surface area (TPSA) is 128 Å². The summed E-state index contributed by atoms with van der Waals surface area (Å²) < 4.78 is 39.2. The van der Waals surface area contributed by atoms with E-state index in [9.17, 15) is 13.2 Å². The molecule has 0 fully saturated rings. The van der Waals surface area contributed by atoms with Gasteiger partial charge in [0.05, 0.1) is 13.2 Å². The molecule has 25 heavy (non-hydrogen) atoms. The van der Waals surface area contributed by atoms with Crippen molar-refractivity contribution in [1.82, 2.24) is 0 Å². The summed E-state index contributed by atoms with van der Waals surface area (Å²) in [6, 6.07) is 11.9. The van der Waals surface area contributed by atoms with Crippen LogP contribution >= 0.6 is 0 Å². The Labute approximate surface area is 145 Å². The SMILES string of the molecule is COc1ccc(NC(=O)[C@@H](N)Cc2ccc(OS(=O)(=O)O)cc2)cc1. The molecule has 2 aromatic rings. The highest BCUT2D eigenvalue weighted by Gasteiger charge is 2.15. The van der Waals surface area contributed by atoms with Gasteiger partial charge < -0.3 is 20.0 Å². The quantitative estimate of drug-likeness (QED) is 0.632. The monoisotopic (exact) mass is 366 g/mol. The molecule has 0 aromatic heterocycles. The Balaban J connectivity index is 1.93. The van der Waals surface area contributed by atoms with Crippen LogP contribution < -0.4 is 20.0 Å². The third-order valence-electron chi connectivity index (χ3n) is 3.27. The second-order valence-electron chi connectivity index (χ2n) is 5.18. The Kier molecular flexibility index (Phi) is 5.97. The predicted octanol–water partition coefficient (Wildman–Crippen LogP) is 1.39. The first-order valence-corrected chi connectivity index (χ1v) is 8.59. The molecule has 0 radical (unpaired) electrons. The van der Waals surface area contributed by atoms with Gasteiger partial charge in [-0.25, -0.2) is 0 Å². The fourth-order valence-electron chi connectivity index (χ4n) is 2.06. The van der Waals surface area contributed by atoms with Crippen LogP contribution in [-0.4, -0.2) is 32.0 Å². The van der Waals surface area contributed by atoms with Gasteiger partial charge in [-0.05, 0) is 48.4 Å². The van der Waals surface area contributed by atoms with E-state index in [1.54, 1.807) is 43.5 Å². The molecule has 0 unspecified atom stereocenters. The molecule has 0 aliphatic heterocycles. The average Bonchev–Trinajstić information content (AvgIpc) is 2.56. The van der Waals surface area contributed by atoms with Crippen molar-refractivity contribution in [2.45, 2.75) is 12.5 Å². The zero-order chi connectivity index (χ0) is 18.4. The van der Waals surface area contributed by atoms with Crippen LogP contribution in [0.15, 0.2) is 48.5 Å². The van der Waals surface area contributed by atoms with Gasteiger partial charge in [0.2, 0.25) is 5.91 Å². The number of rotatable bonds is 7. The number of anilines is 1. The number of carbonyl (C=O) groups excluding carboxylic acids is 1. The molecule has 1 amide bonds. The molecule has 0 saturated heterocycles. The number of methoxy groups -OCH3 is 1. The maximum atomic E-state index is 12.1. The Morgan fingerprint density at radius 3 is 2.20 bits per heavy atom. The van der Waals surface area contributed by atoms with E-state index >= 15 is 0 Å². The van der Waals surface area contributed by atoms with Crippen molar-refractivity contribution in [3.05, 3.63) is 54.1 Å². The number of hydrogen-bond acceptors (Lipinski definition) is 6. The lowest BCUT2D eigenvalue weighted by atomic mass is 10.1. The van der Waals surface area contributed by atoms with E-state index in [0.29, 0.717) is 17.0 Å². The Bertz CT molecular complexity index is 819. The maximum Gasteiger partial charge on any atom is 0.446 e. The van der Waals surface area contributed by atoms with Crippen LogP contribution in [0.5, 0.6) is 11.5 Å². The zero-order valence-corrected chi connectivity index (χ0v) is 14.2. The molecule has 0 aliphatic carbocycles. The van der Waals surface area contributed by atoms with Crippen LogP contribution in [0.1, 0.15) is 5.56 Å². The highest BCUT2D eigenvalue weighted by molar-refractivity contribution is 7.81. The first kappa shape index (κ1) is 18.7. The fourth-order valence-corrected chi connectivity index (χ4v) is 2.41. The minimum atomic E-state index is -4.56. The largest absolute Gasteiger partial charge is 0.497 e. The molecule has 0 spiro atoms. The summed E-state index contributed by atoms with van der Waals surface area (Å²) >= 11 is 0. The van der Waals surface area contributed by atoms with Gasteiger partial charge in [-0.15, -0.1) is 0 Å². The van der Waals surface area contributed by atoms with Gasteiger partial charge in [0, 0.05) is 5.69 Å². The normalized spacial score (nSPS) is 12.3. The van der Waals surface area contributed by atoms with Crippen molar-refractivity contribution in [1.29, 1.82) is 0 Å². The van der Waals surface area contributed by atoms with Crippen molar-refractivity contribution in [2.24, 2.45) is 5.73 Å². The molecular formula is C16H18N2O6S. The van der Waals surface area contributed by atoms with Gasteiger partial charge in [-0.3, -0.25) is 9.35 Å². The van der Waals surface area contributed by atoms with Crippen LogP contribution in [0.3, 0.4) is 0 Å². The molecule has 2 rings (SSSR count). The van der Waals surface area contributed by atoms with Gasteiger partial charge in [0.1, 0.15) is 11.5 Å². The van der Waals surface area contributed by atoms with Gasteiger partial charge in [0.25, 0.3) is 0 Å². The number of nitrogens with one attached hydrogen (secondary N) is 1. The van der Waals surface area contributed by atoms with E-state index in [0.717, 1.165) is 0 Å². The fraction of sp³-hybridized carbons (Fsp3) is 0.188. The van der Waals surface area contributed by atoms with Crippen LogP contribution in [0, 0.1) is 0 Å². The average molecular weight is 366 g/mol. The maximum absolute atomic E-state index is 12.1. The molecule has 0 bridgehead atoms. The van der Waals surface area contributed by atoms with Crippen LogP contribution in [0.4, 0.5) is 5.69 Å². The van der Waals surface area contributed by atoms with Gasteiger partial charge in [-0.1, -0.05) is 12.1 Å². The minimum absolute atomic E-state index is 0.0393. The van der Waals surface area contributed by atoms with Crippen LogP contribution in [-0.2, 0) is 21.6 Å². The summed E-state index contributed by atoms with van der Waals surface area (Å²) in [5, 5.41) is 2.70. The second-order valence-corrected chi connectivity index (χ2v) is 6.21. The summed E-state index contributed by atoms with van der Waals surface area (Å²) in [4.78, 5) is 12.1. The summed E-state index contributed by atoms with van der Waals surface area (Å²) in [6.07, 6.45) is 0.244. The summed E-state index contributed by atoms with van der Waals surface area (Å²) in [6.45, 7) is 0. The zero-order valence-electron chi connectivity index (χ0n) is 13.4. The van der Waals surface area contributed by atoms with Crippen molar-refractivity contribution < 1.29 is 26.7 Å². The molecule has 0 saturated carbocycles. The molecule has 9 heteroatoms. The van der Waals surface area contributed by atoms with E-state index in [-0.39, 0.29) is 18.1 Å². The molecule has 8 nitrogen and oxygen atoms in total. The molecule has 0 heterocycles. The van der Waals surface area contributed by atoms with E-state index in [1.165, 1.54) is 12.1 Å². The highest BCUT2D eigenvalue weighted by atomic mass is 32.3. The highest BCUT2D eigenvalue weighted by Crippen LogP contribution is 2.17. The number of ether oxygens (including phenoxy) is 1. The number of hydrogen-bond donors (Lipinski definition) is 3. The Hall–Kier alpha value is -2.62. The number of benzene rings is 2. The van der Waals surface area contributed by atoms with Crippen molar-refractivity contribution >= 4 is 22.0 Å². The predicted molar refractivity (Wildman–Crippen MR) is 91.9 cm³/mol. The summed E-state index contributed by atoms with van der Waals surface area (Å²) in [5.74, 6) is 0.278. The van der Waals surface area contributed by atoms with Crippen molar-refractivity contribution in [2.75, 3.05) is 12.4 Å². The smallest absolute Gasteiger partial charge is 0.446 e. The first-order chi connectivity index (χ1) is 11.8. The van der Waals surface area contributed by atoms with E-state index in [1.807, 2.05) is 0 Å². The lowest BCUT2D eigenvalue weighted by Gasteiger charge is -2.13. The minimum Gasteiger partial charge on any atom is -0.497 e. The lowest BCUT2D eigenvalue weighted by Crippen LogP contribution is -2.37. The van der Waals surface area contributed by atoms with Gasteiger partial charge in [-0.2, -0.15) is 8.42 Å². The summed E-state index contributed by atoms with van der Waals surface area (Å²) in [7, 11) is -3.01. The second kappa shape index (κ2) is 7.97. The van der Waals surface area contributed by atoms with Crippen LogP contribution in [0.2, 0.25) is 0 Å². The molecular weight excluding hydrogens is 348 g/mol. The van der Waals surface area contributed by atoms with Crippen molar-refractivity contribution in [3.8, 4) is 11.5 Å². The first-order valence-electron chi connectivity index (χ1n) is 7.23. The third kappa shape index (κ3) is 6.07.